The quantitative estimate of drug-likeness (QED) is 0.739. The van der Waals surface area contributed by atoms with Gasteiger partial charge >= 0.3 is 6.18 Å². The molecule has 0 saturated carbocycles. The van der Waals surface area contributed by atoms with E-state index in [1.54, 1.807) is 0 Å². The zero-order valence-corrected chi connectivity index (χ0v) is 14.0. The number of hydrogen-bond donors (Lipinski definition) is 0. The maximum atomic E-state index is 12.9. The average molecular weight is 328 g/mol. The van der Waals surface area contributed by atoms with Gasteiger partial charge in [0.15, 0.2) is 0 Å². The average Bonchev–Trinajstić information content (AvgIpc) is 2.81. The minimum atomic E-state index is -4.35. The number of benzene rings is 1. The fourth-order valence-electron chi connectivity index (χ4n) is 2.57. The highest BCUT2D eigenvalue weighted by molar-refractivity contribution is 5.77. The molecule has 0 fully saturated rings. The number of rotatable bonds is 5. The summed E-state index contributed by atoms with van der Waals surface area (Å²) in [4.78, 5) is 4.48. The van der Waals surface area contributed by atoms with Gasteiger partial charge in [-0.05, 0) is 31.5 Å². The van der Waals surface area contributed by atoms with Crippen molar-refractivity contribution in [2.75, 3.05) is 13.2 Å². The van der Waals surface area contributed by atoms with Crippen molar-refractivity contribution in [2.24, 2.45) is 0 Å². The minimum absolute atomic E-state index is 0.247. The number of ether oxygens (including phenoxy) is 1. The predicted molar refractivity (Wildman–Crippen MR) is 84.5 cm³/mol. The summed E-state index contributed by atoms with van der Waals surface area (Å²) in [6, 6.07) is 3.76. The molecular weight excluding hydrogens is 305 g/mol. The second-order valence-corrected chi connectivity index (χ2v) is 6.59. The van der Waals surface area contributed by atoms with Crippen LogP contribution in [0.5, 0.6) is 0 Å². The number of alkyl halides is 3. The van der Waals surface area contributed by atoms with Gasteiger partial charge in [-0.1, -0.05) is 20.8 Å². The van der Waals surface area contributed by atoms with Crippen LogP contribution in [0, 0.1) is 0 Å². The molecule has 6 heteroatoms. The van der Waals surface area contributed by atoms with Crippen molar-refractivity contribution in [2.45, 2.75) is 52.3 Å². The van der Waals surface area contributed by atoms with Crippen LogP contribution in [-0.2, 0) is 22.9 Å². The van der Waals surface area contributed by atoms with E-state index in [-0.39, 0.29) is 5.41 Å². The maximum absolute atomic E-state index is 12.9. The molecule has 2 rings (SSSR count). The van der Waals surface area contributed by atoms with Crippen molar-refractivity contribution in [1.82, 2.24) is 9.55 Å². The lowest BCUT2D eigenvalue weighted by atomic mass is 9.95. The molecule has 23 heavy (non-hydrogen) atoms. The summed E-state index contributed by atoms with van der Waals surface area (Å²) in [5.74, 6) is 0.795. The van der Waals surface area contributed by atoms with Crippen molar-refractivity contribution < 1.29 is 17.9 Å². The van der Waals surface area contributed by atoms with Gasteiger partial charge in [0.05, 0.1) is 16.6 Å². The predicted octanol–water partition coefficient (Wildman–Crippen LogP) is 4.78. The second-order valence-electron chi connectivity index (χ2n) is 6.59. The Morgan fingerprint density at radius 2 is 1.87 bits per heavy atom. The molecule has 0 aliphatic carbocycles. The molecule has 0 N–H and O–H groups in total. The van der Waals surface area contributed by atoms with Crippen LogP contribution in [0.3, 0.4) is 0 Å². The van der Waals surface area contributed by atoms with Crippen LogP contribution in [0.2, 0.25) is 0 Å². The summed E-state index contributed by atoms with van der Waals surface area (Å²) in [6.07, 6.45) is -3.56. The molecule has 128 valence electrons. The van der Waals surface area contributed by atoms with E-state index in [2.05, 4.69) is 4.98 Å². The summed E-state index contributed by atoms with van der Waals surface area (Å²) in [6.45, 7) is 9.93. The van der Waals surface area contributed by atoms with E-state index in [0.717, 1.165) is 29.9 Å². The van der Waals surface area contributed by atoms with E-state index in [4.69, 9.17) is 4.74 Å². The van der Waals surface area contributed by atoms with Crippen LogP contribution in [0.1, 0.15) is 45.5 Å². The number of halogens is 3. The second kappa shape index (κ2) is 6.51. The van der Waals surface area contributed by atoms with Gasteiger partial charge in [0, 0.05) is 25.2 Å². The topological polar surface area (TPSA) is 27.1 Å². The van der Waals surface area contributed by atoms with Crippen LogP contribution in [0.25, 0.3) is 11.0 Å². The van der Waals surface area contributed by atoms with E-state index >= 15 is 0 Å². The van der Waals surface area contributed by atoms with Crippen LogP contribution in [0.15, 0.2) is 18.2 Å². The van der Waals surface area contributed by atoms with E-state index in [9.17, 15) is 13.2 Å². The monoisotopic (exact) mass is 328 g/mol. The fourth-order valence-corrected chi connectivity index (χ4v) is 2.57. The summed E-state index contributed by atoms with van der Waals surface area (Å²) in [7, 11) is 0. The Morgan fingerprint density at radius 1 is 1.17 bits per heavy atom. The molecule has 0 saturated heterocycles. The highest BCUT2D eigenvalue weighted by Gasteiger charge is 2.31. The lowest BCUT2D eigenvalue weighted by molar-refractivity contribution is -0.137. The Balaban J connectivity index is 2.45. The van der Waals surface area contributed by atoms with Crippen LogP contribution in [0.4, 0.5) is 13.2 Å². The van der Waals surface area contributed by atoms with Gasteiger partial charge in [0.2, 0.25) is 0 Å². The molecule has 3 nitrogen and oxygen atoms in total. The number of fused-ring (bicyclic) bond motifs is 1. The standard InChI is InChI=1S/C17H23F3N2O/c1-5-23-10-6-9-22-14-8-7-12(17(18,19)20)11-13(14)21-15(22)16(2,3)4/h7-8,11H,5-6,9-10H2,1-4H3. The Hall–Kier alpha value is -1.56. The van der Waals surface area contributed by atoms with E-state index < -0.39 is 11.7 Å². The third-order valence-electron chi connectivity index (χ3n) is 3.62. The van der Waals surface area contributed by atoms with E-state index in [1.165, 1.54) is 6.07 Å². The molecule has 0 amide bonds. The summed E-state index contributed by atoms with van der Waals surface area (Å²) in [5, 5.41) is 0. The largest absolute Gasteiger partial charge is 0.416 e. The summed E-state index contributed by atoms with van der Waals surface area (Å²) >= 11 is 0. The third kappa shape index (κ3) is 4.05. The molecule has 0 bridgehead atoms. The highest BCUT2D eigenvalue weighted by Crippen LogP contribution is 2.33. The molecule has 0 aliphatic heterocycles. The van der Waals surface area contributed by atoms with Crippen molar-refractivity contribution >= 4 is 11.0 Å². The van der Waals surface area contributed by atoms with Crippen LogP contribution < -0.4 is 0 Å². The first-order chi connectivity index (χ1) is 10.6. The number of aromatic nitrogens is 2. The Labute approximate surface area is 134 Å². The first kappa shape index (κ1) is 17.8. The third-order valence-corrected chi connectivity index (χ3v) is 3.62. The zero-order valence-electron chi connectivity index (χ0n) is 14.0. The van der Waals surface area contributed by atoms with Gasteiger partial charge in [0.25, 0.3) is 0 Å². The smallest absolute Gasteiger partial charge is 0.382 e. The summed E-state index contributed by atoms with van der Waals surface area (Å²) < 4.78 is 46.0. The SMILES string of the molecule is CCOCCCn1c(C(C)(C)C)nc2cc(C(F)(F)F)ccc21. The van der Waals surface area contributed by atoms with Crippen LogP contribution >= 0.6 is 0 Å². The molecule has 0 spiro atoms. The number of nitrogens with zero attached hydrogens (tertiary/aromatic N) is 2. The van der Waals surface area contributed by atoms with Crippen molar-refractivity contribution in [3.05, 3.63) is 29.6 Å². The molecule has 2 aromatic rings. The van der Waals surface area contributed by atoms with Gasteiger partial charge in [-0.15, -0.1) is 0 Å². The van der Waals surface area contributed by atoms with Gasteiger partial charge in [-0.2, -0.15) is 13.2 Å². The van der Waals surface area contributed by atoms with Crippen LogP contribution in [-0.4, -0.2) is 22.8 Å². The van der Waals surface area contributed by atoms with Crippen molar-refractivity contribution in [1.29, 1.82) is 0 Å². The molecule has 0 radical (unpaired) electrons. The highest BCUT2D eigenvalue weighted by atomic mass is 19.4. The first-order valence-electron chi connectivity index (χ1n) is 7.80. The zero-order chi connectivity index (χ0) is 17.3. The van der Waals surface area contributed by atoms with E-state index in [0.29, 0.717) is 25.3 Å². The van der Waals surface area contributed by atoms with Gasteiger partial charge in [0.1, 0.15) is 5.82 Å². The van der Waals surface area contributed by atoms with Crippen molar-refractivity contribution in [3.63, 3.8) is 0 Å². The Morgan fingerprint density at radius 3 is 2.43 bits per heavy atom. The molecule has 1 aromatic heterocycles. The maximum Gasteiger partial charge on any atom is 0.416 e. The number of hydrogen-bond acceptors (Lipinski definition) is 2. The summed E-state index contributed by atoms with van der Waals surface area (Å²) in [5.41, 5.74) is 0.216. The number of aryl methyl sites for hydroxylation is 1. The molecule has 0 atom stereocenters. The minimum Gasteiger partial charge on any atom is -0.382 e. The molecule has 0 unspecified atom stereocenters. The van der Waals surface area contributed by atoms with Gasteiger partial charge in [-0.3, -0.25) is 0 Å². The molecule has 1 aromatic carbocycles. The first-order valence-corrected chi connectivity index (χ1v) is 7.80. The lowest BCUT2D eigenvalue weighted by Gasteiger charge is -2.20. The Kier molecular flexibility index (Phi) is 5.04. The number of imidazole rings is 1. The normalized spacial score (nSPS) is 13.0. The fraction of sp³-hybridized carbons (Fsp3) is 0.588. The molecular formula is C17H23F3N2O. The Bertz CT molecular complexity index is 669. The lowest BCUT2D eigenvalue weighted by Crippen LogP contribution is -2.19. The molecule has 1 heterocycles. The van der Waals surface area contributed by atoms with Crippen molar-refractivity contribution in [3.8, 4) is 0 Å². The van der Waals surface area contributed by atoms with Gasteiger partial charge < -0.3 is 9.30 Å². The molecule has 0 aliphatic rings. The van der Waals surface area contributed by atoms with E-state index in [1.807, 2.05) is 32.3 Å². The van der Waals surface area contributed by atoms with Gasteiger partial charge in [-0.25, -0.2) is 4.98 Å².